The van der Waals surface area contributed by atoms with Gasteiger partial charge in [0.1, 0.15) is 5.82 Å². The number of aromatic nitrogens is 2. The predicted molar refractivity (Wildman–Crippen MR) is 97.0 cm³/mol. The summed E-state index contributed by atoms with van der Waals surface area (Å²) >= 11 is 0. The molecule has 1 aromatic heterocycles. The zero-order valence-electron chi connectivity index (χ0n) is 14.9. The second kappa shape index (κ2) is 7.00. The van der Waals surface area contributed by atoms with Crippen LogP contribution in [0.1, 0.15) is 23.4 Å². The van der Waals surface area contributed by atoms with Crippen LogP contribution in [0.4, 0.5) is 0 Å². The van der Waals surface area contributed by atoms with Gasteiger partial charge in [-0.25, -0.2) is 4.98 Å². The maximum Gasteiger partial charge on any atom is 0.222 e. The molecule has 1 amide bonds. The fourth-order valence-electron chi connectivity index (χ4n) is 4.07. The van der Waals surface area contributed by atoms with Crippen molar-refractivity contribution in [2.75, 3.05) is 26.2 Å². The van der Waals surface area contributed by atoms with E-state index in [2.05, 4.69) is 43.6 Å². The Morgan fingerprint density at radius 3 is 2.40 bits per heavy atom. The number of amides is 1. The van der Waals surface area contributed by atoms with E-state index in [1.54, 1.807) is 0 Å². The number of hydrogen-bond donors (Lipinski definition) is 0. The lowest BCUT2D eigenvalue weighted by molar-refractivity contribution is -0.134. The Kier molecular flexibility index (Phi) is 4.57. The van der Waals surface area contributed by atoms with E-state index >= 15 is 0 Å². The average Bonchev–Trinajstić information content (AvgIpc) is 3.21. The van der Waals surface area contributed by atoms with Crippen LogP contribution in [0.5, 0.6) is 0 Å². The smallest absolute Gasteiger partial charge is 0.222 e. The van der Waals surface area contributed by atoms with Gasteiger partial charge in [-0.05, 0) is 29.9 Å². The fraction of sp³-hybridized carbons (Fsp3) is 0.500. The van der Waals surface area contributed by atoms with E-state index in [0.717, 1.165) is 51.4 Å². The van der Waals surface area contributed by atoms with Crippen molar-refractivity contribution < 1.29 is 4.79 Å². The summed E-state index contributed by atoms with van der Waals surface area (Å²) < 4.78 is 2.06. The predicted octanol–water partition coefficient (Wildman–Crippen LogP) is 1.87. The minimum Gasteiger partial charge on any atom is -0.340 e. The monoisotopic (exact) mass is 338 g/mol. The first kappa shape index (κ1) is 16.3. The molecule has 1 fully saturated rings. The quantitative estimate of drug-likeness (QED) is 0.855. The molecular formula is C20H26N4O. The maximum absolute atomic E-state index is 12.7. The van der Waals surface area contributed by atoms with Crippen molar-refractivity contribution in [3.63, 3.8) is 0 Å². The lowest BCUT2D eigenvalue weighted by atomic mass is 10.0. The highest BCUT2D eigenvalue weighted by Gasteiger charge is 2.27. The minimum absolute atomic E-state index is 0.328. The Hall–Kier alpha value is -2.14. The highest BCUT2D eigenvalue weighted by atomic mass is 16.2. The maximum atomic E-state index is 12.7. The van der Waals surface area contributed by atoms with Crippen LogP contribution in [0, 0.1) is 5.92 Å². The van der Waals surface area contributed by atoms with Gasteiger partial charge in [0.15, 0.2) is 0 Å². The van der Waals surface area contributed by atoms with E-state index < -0.39 is 0 Å². The minimum atomic E-state index is 0.328. The van der Waals surface area contributed by atoms with Crippen molar-refractivity contribution in [3.8, 4) is 0 Å². The van der Waals surface area contributed by atoms with Gasteiger partial charge in [0.05, 0.1) is 6.54 Å². The number of aryl methyl sites for hydroxylation is 1. The number of hydrogen-bond acceptors (Lipinski definition) is 3. The molecule has 2 heterocycles. The van der Waals surface area contributed by atoms with Gasteiger partial charge in [0, 0.05) is 52.0 Å². The van der Waals surface area contributed by atoms with Crippen LogP contribution >= 0.6 is 0 Å². The van der Waals surface area contributed by atoms with E-state index in [4.69, 9.17) is 0 Å². The van der Waals surface area contributed by atoms with Crippen LogP contribution in [0.2, 0.25) is 0 Å². The van der Waals surface area contributed by atoms with Gasteiger partial charge in [-0.1, -0.05) is 24.3 Å². The molecule has 2 aliphatic rings. The molecule has 1 saturated heterocycles. The van der Waals surface area contributed by atoms with E-state index in [-0.39, 0.29) is 0 Å². The highest BCUT2D eigenvalue weighted by Crippen LogP contribution is 2.29. The zero-order chi connectivity index (χ0) is 17.2. The molecule has 0 N–H and O–H groups in total. The molecule has 0 spiro atoms. The average molecular weight is 338 g/mol. The summed E-state index contributed by atoms with van der Waals surface area (Å²) in [5.41, 5.74) is 2.86. The molecule has 1 aliphatic heterocycles. The van der Waals surface area contributed by atoms with Crippen LogP contribution in [-0.4, -0.2) is 51.4 Å². The summed E-state index contributed by atoms with van der Waals surface area (Å²) in [6.45, 7) is 4.41. The van der Waals surface area contributed by atoms with E-state index in [9.17, 15) is 4.79 Å². The van der Waals surface area contributed by atoms with E-state index in [1.807, 2.05) is 19.4 Å². The molecule has 132 valence electrons. The van der Waals surface area contributed by atoms with Crippen LogP contribution in [-0.2, 0) is 31.2 Å². The first-order valence-electron chi connectivity index (χ1n) is 9.22. The van der Waals surface area contributed by atoms with Gasteiger partial charge < -0.3 is 9.47 Å². The van der Waals surface area contributed by atoms with Gasteiger partial charge in [-0.3, -0.25) is 9.69 Å². The molecule has 1 aliphatic carbocycles. The standard InChI is InChI=1S/C20H26N4O/c1-22-7-6-21-19(22)15-23-8-10-24(11-9-23)20(25)14-16-12-17-4-2-3-5-18(17)13-16/h2-7,16H,8-15H2,1H3. The van der Waals surface area contributed by atoms with Crippen LogP contribution in [0.25, 0.3) is 0 Å². The number of imidazole rings is 1. The molecule has 0 radical (unpaired) electrons. The number of piperazine rings is 1. The van der Waals surface area contributed by atoms with Crippen LogP contribution < -0.4 is 0 Å². The number of carbonyl (C=O) groups is 1. The van der Waals surface area contributed by atoms with Gasteiger partial charge in [-0.2, -0.15) is 0 Å². The van der Waals surface area contributed by atoms with Gasteiger partial charge in [0.2, 0.25) is 5.91 Å². The summed E-state index contributed by atoms with van der Waals surface area (Å²) in [5, 5.41) is 0. The number of rotatable bonds is 4. The Balaban J connectivity index is 1.25. The van der Waals surface area contributed by atoms with Crippen LogP contribution in [0.3, 0.4) is 0 Å². The molecule has 2 aromatic rings. The fourth-order valence-corrected chi connectivity index (χ4v) is 4.07. The lowest BCUT2D eigenvalue weighted by Crippen LogP contribution is -2.48. The molecule has 5 nitrogen and oxygen atoms in total. The Morgan fingerprint density at radius 1 is 1.12 bits per heavy atom. The van der Waals surface area contributed by atoms with Gasteiger partial charge in [-0.15, -0.1) is 0 Å². The Bertz CT molecular complexity index is 721. The third-order valence-corrected chi connectivity index (χ3v) is 5.61. The van der Waals surface area contributed by atoms with Crippen molar-refractivity contribution >= 4 is 5.91 Å². The summed E-state index contributed by atoms with van der Waals surface area (Å²) in [6.07, 6.45) is 6.62. The van der Waals surface area contributed by atoms with Gasteiger partial charge in [0.25, 0.3) is 0 Å². The normalized spacial score (nSPS) is 18.5. The third-order valence-electron chi connectivity index (χ3n) is 5.61. The SMILES string of the molecule is Cn1ccnc1CN1CCN(C(=O)CC2Cc3ccccc3C2)CC1. The van der Waals surface area contributed by atoms with Crippen molar-refractivity contribution in [2.24, 2.45) is 13.0 Å². The third kappa shape index (κ3) is 3.61. The molecule has 5 heteroatoms. The van der Waals surface area contributed by atoms with Crippen molar-refractivity contribution in [2.45, 2.75) is 25.8 Å². The molecule has 4 rings (SSSR count). The second-order valence-electron chi connectivity index (χ2n) is 7.36. The molecule has 0 unspecified atom stereocenters. The largest absolute Gasteiger partial charge is 0.340 e. The molecule has 0 atom stereocenters. The van der Waals surface area contributed by atoms with Gasteiger partial charge >= 0.3 is 0 Å². The number of fused-ring (bicyclic) bond motifs is 1. The molecule has 25 heavy (non-hydrogen) atoms. The van der Waals surface area contributed by atoms with Crippen LogP contribution in [0.15, 0.2) is 36.7 Å². The lowest BCUT2D eigenvalue weighted by Gasteiger charge is -2.35. The van der Waals surface area contributed by atoms with E-state index in [0.29, 0.717) is 18.2 Å². The topological polar surface area (TPSA) is 41.4 Å². The molecular weight excluding hydrogens is 312 g/mol. The molecule has 0 bridgehead atoms. The summed E-state index contributed by atoms with van der Waals surface area (Å²) in [4.78, 5) is 21.5. The van der Waals surface area contributed by atoms with Crippen molar-refractivity contribution in [1.82, 2.24) is 19.4 Å². The first-order valence-corrected chi connectivity index (χ1v) is 9.22. The molecule has 1 aromatic carbocycles. The zero-order valence-corrected chi connectivity index (χ0v) is 14.9. The highest BCUT2D eigenvalue weighted by molar-refractivity contribution is 5.76. The first-order chi connectivity index (χ1) is 12.2. The van der Waals surface area contributed by atoms with Crippen molar-refractivity contribution in [3.05, 3.63) is 53.6 Å². The number of benzene rings is 1. The van der Waals surface area contributed by atoms with Crippen molar-refractivity contribution in [1.29, 1.82) is 0 Å². The van der Waals surface area contributed by atoms with E-state index in [1.165, 1.54) is 11.1 Å². The number of nitrogens with zero attached hydrogens (tertiary/aromatic N) is 4. The Labute approximate surface area is 149 Å². The summed E-state index contributed by atoms with van der Waals surface area (Å²) in [7, 11) is 2.03. The number of carbonyl (C=O) groups excluding carboxylic acids is 1. The Morgan fingerprint density at radius 2 is 1.80 bits per heavy atom. The summed E-state index contributed by atoms with van der Waals surface area (Å²) in [5.74, 6) is 1.90. The second-order valence-corrected chi connectivity index (χ2v) is 7.36. The summed E-state index contributed by atoms with van der Waals surface area (Å²) in [6, 6.07) is 8.61. The molecule has 0 saturated carbocycles.